The second-order valence-electron chi connectivity index (χ2n) is 8.57. The van der Waals surface area contributed by atoms with E-state index in [4.69, 9.17) is 0 Å². The Morgan fingerprint density at radius 3 is 2.32 bits per heavy atom. The van der Waals surface area contributed by atoms with E-state index in [0.29, 0.717) is 22.4 Å². The van der Waals surface area contributed by atoms with Crippen LogP contribution in [0.2, 0.25) is 0 Å². The van der Waals surface area contributed by atoms with Crippen molar-refractivity contribution in [3.63, 3.8) is 0 Å². The molecule has 1 N–H and O–H groups in total. The molecule has 7 nitrogen and oxygen atoms in total. The number of nitriles is 1. The van der Waals surface area contributed by atoms with Crippen LogP contribution in [-0.4, -0.2) is 26.3 Å². The molecule has 0 saturated heterocycles. The van der Waals surface area contributed by atoms with Crippen molar-refractivity contribution in [3.05, 3.63) is 107 Å². The van der Waals surface area contributed by atoms with Gasteiger partial charge in [-0.3, -0.25) is 9.59 Å². The smallest absolute Gasteiger partial charge is 0.257 e. The van der Waals surface area contributed by atoms with Gasteiger partial charge in [0, 0.05) is 11.7 Å². The summed E-state index contributed by atoms with van der Waals surface area (Å²) in [6.07, 6.45) is 1.18. The van der Waals surface area contributed by atoms with Crippen molar-refractivity contribution >= 4 is 33.6 Å². The van der Waals surface area contributed by atoms with Crippen molar-refractivity contribution in [2.75, 3.05) is 4.90 Å². The fourth-order valence-electron chi connectivity index (χ4n) is 3.72. The molecule has 37 heavy (non-hydrogen) atoms. The predicted octanol–water partition coefficient (Wildman–Crippen LogP) is 4.41. The Kier molecular flexibility index (Phi) is 8.93. The van der Waals surface area contributed by atoms with Gasteiger partial charge >= 0.3 is 0 Å². The van der Waals surface area contributed by atoms with Crippen molar-refractivity contribution in [2.45, 2.75) is 26.3 Å². The number of anilines is 1. The topological polar surface area (TPSA) is 107 Å². The molecule has 3 aromatic carbocycles. The van der Waals surface area contributed by atoms with Crippen LogP contribution < -0.4 is 9.62 Å². The molecule has 0 fully saturated rings. The zero-order valence-electron chi connectivity index (χ0n) is 20.3. The van der Waals surface area contributed by atoms with Crippen LogP contribution in [-0.2, 0) is 26.0 Å². The largest absolute Gasteiger partial charge is 0.309 e. The van der Waals surface area contributed by atoms with E-state index in [9.17, 15) is 27.7 Å². The molecular formula is C28H26FN3O4S. The minimum absolute atomic E-state index is 0.150. The first-order chi connectivity index (χ1) is 17.6. The van der Waals surface area contributed by atoms with E-state index in [2.05, 4.69) is 0 Å². The van der Waals surface area contributed by atoms with E-state index in [-0.39, 0.29) is 6.42 Å². The first kappa shape index (κ1) is 27.3. The van der Waals surface area contributed by atoms with E-state index >= 15 is 0 Å². The summed E-state index contributed by atoms with van der Waals surface area (Å²) in [5.74, 6) is -3.61. The average Bonchev–Trinajstić information content (AvgIpc) is 2.87. The predicted molar refractivity (Wildman–Crippen MR) is 140 cm³/mol. The minimum atomic E-state index is -4.23. The maximum Gasteiger partial charge on any atom is 0.257 e. The lowest BCUT2D eigenvalue weighted by atomic mass is 9.95. The van der Waals surface area contributed by atoms with Crippen molar-refractivity contribution in [2.24, 2.45) is 5.92 Å². The van der Waals surface area contributed by atoms with Crippen LogP contribution in [0.1, 0.15) is 30.5 Å². The van der Waals surface area contributed by atoms with Gasteiger partial charge in [-0.15, -0.1) is 0 Å². The number of nitrogens with one attached hydrogen (secondary N) is 1. The van der Waals surface area contributed by atoms with Crippen LogP contribution in [0, 0.1) is 23.1 Å². The molecule has 190 valence electrons. The molecule has 0 aliphatic heterocycles. The van der Waals surface area contributed by atoms with Gasteiger partial charge in [-0.05, 0) is 73.9 Å². The van der Waals surface area contributed by atoms with Crippen LogP contribution in [0.15, 0.2) is 84.3 Å². The fourth-order valence-corrected chi connectivity index (χ4v) is 4.55. The summed E-state index contributed by atoms with van der Waals surface area (Å²) >= 11 is 0. The van der Waals surface area contributed by atoms with Gasteiger partial charge in [-0.2, -0.15) is 5.26 Å². The van der Waals surface area contributed by atoms with Crippen molar-refractivity contribution in [1.82, 2.24) is 4.72 Å². The zero-order valence-corrected chi connectivity index (χ0v) is 21.2. The quantitative estimate of drug-likeness (QED) is 0.421. The Hall–Kier alpha value is -4.29. The van der Waals surface area contributed by atoms with Crippen LogP contribution in [0.3, 0.4) is 0 Å². The monoisotopic (exact) mass is 519 g/mol. The summed E-state index contributed by atoms with van der Waals surface area (Å²) in [5, 5.41) is 10.1. The molecule has 3 aromatic rings. The molecule has 1 atom stereocenters. The third-order valence-corrected chi connectivity index (χ3v) is 6.43. The molecule has 3 rings (SSSR count). The summed E-state index contributed by atoms with van der Waals surface area (Å²) in [4.78, 5) is 28.3. The highest BCUT2D eigenvalue weighted by molar-refractivity contribution is 7.93. The lowest BCUT2D eigenvalue weighted by molar-refractivity contribution is -0.132. The molecule has 1 unspecified atom stereocenters. The number of carbonyl (C=O) groups is 2. The number of hydrogen-bond acceptors (Lipinski definition) is 5. The van der Waals surface area contributed by atoms with Gasteiger partial charge in [0.1, 0.15) is 11.7 Å². The fraction of sp³-hybridized carbons (Fsp3) is 0.179. The molecule has 0 heterocycles. The number of halogens is 1. The van der Waals surface area contributed by atoms with Gasteiger partial charge in [0.15, 0.2) is 0 Å². The molecule has 0 aromatic heterocycles. The third kappa shape index (κ3) is 7.59. The maximum absolute atomic E-state index is 13.7. The summed E-state index contributed by atoms with van der Waals surface area (Å²) in [6, 6.07) is 21.9. The normalized spacial score (nSPS) is 12.2. The highest BCUT2D eigenvalue weighted by Gasteiger charge is 2.34. The van der Waals surface area contributed by atoms with Gasteiger partial charge in [-0.25, -0.2) is 17.5 Å². The Morgan fingerprint density at radius 1 is 1.03 bits per heavy atom. The summed E-state index contributed by atoms with van der Waals surface area (Å²) in [5.41, 5.74) is 1.81. The molecule has 0 saturated carbocycles. The van der Waals surface area contributed by atoms with Crippen molar-refractivity contribution in [3.8, 4) is 6.07 Å². The van der Waals surface area contributed by atoms with Gasteiger partial charge in [0.05, 0.1) is 17.0 Å². The Labute approximate surface area is 215 Å². The number of rotatable bonds is 9. The molecule has 0 radical (unpaired) electrons. The first-order valence-electron chi connectivity index (χ1n) is 11.5. The zero-order chi connectivity index (χ0) is 27.0. The van der Waals surface area contributed by atoms with Crippen molar-refractivity contribution in [1.29, 1.82) is 5.26 Å². The summed E-state index contributed by atoms with van der Waals surface area (Å²) in [6.45, 7) is 3.46. The van der Waals surface area contributed by atoms with Crippen molar-refractivity contribution < 1.29 is 22.4 Å². The Balaban J connectivity index is 1.95. The molecule has 9 heteroatoms. The average molecular weight is 520 g/mol. The summed E-state index contributed by atoms with van der Waals surface area (Å²) in [7, 11) is -4.23. The molecule has 0 spiro atoms. The van der Waals surface area contributed by atoms with Gasteiger partial charge < -0.3 is 4.90 Å². The van der Waals surface area contributed by atoms with Crippen LogP contribution in [0.5, 0.6) is 0 Å². The molecule has 0 aliphatic carbocycles. The number of sulfonamides is 1. The number of nitrogens with zero attached hydrogens (tertiary/aromatic N) is 2. The van der Waals surface area contributed by atoms with E-state index in [1.165, 1.54) is 41.3 Å². The second kappa shape index (κ2) is 12.1. The van der Waals surface area contributed by atoms with E-state index in [1.54, 1.807) is 62.4 Å². The van der Waals surface area contributed by atoms with E-state index in [0.717, 1.165) is 5.41 Å². The first-order valence-corrected chi connectivity index (χ1v) is 13.0. The third-order valence-electron chi connectivity index (χ3n) is 5.45. The van der Waals surface area contributed by atoms with E-state index in [1.807, 2.05) is 10.8 Å². The Morgan fingerprint density at radius 2 is 1.70 bits per heavy atom. The molecule has 0 aliphatic rings. The van der Waals surface area contributed by atoms with Gasteiger partial charge in [0.25, 0.3) is 10.0 Å². The van der Waals surface area contributed by atoms with Crippen LogP contribution >= 0.6 is 0 Å². The Bertz CT molecular complexity index is 1430. The number of benzene rings is 3. The van der Waals surface area contributed by atoms with Crippen LogP contribution in [0.4, 0.5) is 10.1 Å². The lowest BCUT2D eigenvalue weighted by Gasteiger charge is -2.30. The highest BCUT2D eigenvalue weighted by atomic mass is 32.2. The molecular weight excluding hydrogens is 493 g/mol. The number of amides is 2. The maximum atomic E-state index is 13.7. The van der Waals surface area contributed by atoms with Crippen LogP contribution in [0.25, 0.3) is 6.08 Å². The molecule has 0 bridgehead atoms. The summed E-state index contributed by atoms with van der Waals surface area (Å²) < 4.78 is 40.9. The molecule has 2 amide bonds. The number of carbonyl (C=O) groups excluding carboxylic acids is 2. The van der Waals surface area contributed by atoms with Gasteiger partial charge in [0.2, 0.25) is 11.8 Å². The van der Waals surface area contributed by atoms with Gasteiger partial charge in [-0.1, -0.05) is 42.5 Å². The second-order valence-corrected chi connectivity index (χ2v) is 10.1. The lowest BCUT2D eigenvalue weighted by Crippen LogP contribution is -2.48. The minimum Gasteiger partial charge on any atom is -0.309 e. The standard InChI is InChI=1S/C28H26FN3O4S/c1-20(2)32(25-13-11-24(29)12-14-25)28(34)26(18-22-9-6-10-23(17-22)19-30)27(33)31-37(35,36)16-15-21-7-4-3-5-8-21/h3-17,20,26H,18H2,1-2H3,(H,31,33). The number of hydrogen-bond donors (Lipinski definition) is 1. The highest BCUT2D eigenvalue weighted by Crippen LogP contribution is 2.23. The van der Waals surface area contributed by atoms with E-state index < -0.39 is 39.6 Å². The SMILES string of the molecule is CC(C)N(C(=O)C(Cc1cccc(C#N)c1)C(=O)NS(=O)(=O)C=Cc1ccccc1)c1ccc(F)cc1.